The number of imide groups is 1. The van der Waals surface area contributed by atoms with Crippen LogP contribution in [-0.4, -0.2) is 23.8 Å². The van der Waals surface area contributed by atoms with Gasteiger partial charge in [-0.1, -0.05) is 0 Å². The lowest BCUT2D eigenvalue weighted by Crippen LogP contribution is -2.25. The van der Waals surface area contributed by atoms with Crippen molar-refractivity contribution < 1.29 is 9.59 Å². The van der Waals surface area contributed by atoms with Gasteiger partial charge in [-0.25, -0.2) is 0 Å². The minimum Gasteiger partial charge on any atom is -0.264 e. The summed E-state index contributed by atoms with van der Waals surface area (Å²) >= 11 is 0. The van der Waals surface area contributed by atoms with Crippen molar-refractivity contribution in [2.75, 3.05) is 7.05 Å². The fraction of sp³-hybridized carbons (Fsp3) is 0.200. The van der Waals surface area contributed by atoms with Crippen LogP contribution in [0.2, 0.25) is 0 Å². The normalized spacial score (nSPS) is 16.4. The smallest absolute Gasteiger partial charge is 0.264 e. The van der Waals surface area contributed by atoms with Crippen molar-refractivity contribution in [2.24, 2.45) is 0 Å². The fourth-order valence-electron chi connectivity index (χ4n) is 0.367. The number of hydrogen-bond donors (Lipinski definition) is 0. The molecular formula is C5H3NO2. The van der Waals surface area contributed by atoms with Crippen LogP contribution in [0.15, 0.2) is 0 Å². The third-order valence-corrected chi connectivity index (χ3v) is 0.886. The highest BCUT2D eigenvalue weighted by Gasteiger charge is 2.17. The van der Waals surface area contributed by atoms with Gasteiger partial charge in [0.1, 0.15) is 0 Å². The molecule has 8 heavy (non-hydrogen) atoms. The molecule has 0 aromatic carbocycles. The van der Waals surface area contributed by atoms with E-state index in [2.05, 4.69) is 11.8 Å². The highest BCUT2D eigenvalue weighted by atomic mass is 16.2. The van der Waals surface area contributed by atoms with Gasteiger partial charge in [0.05, 0.1) is 0 Å². The van der Waals surface area contributed by atoms with Crippen LogP contribution in [0.25, 0.3) is 0 Å². The molecule has 1 heterocycles. The average molecular weight is 109 g/mol. The second-order valence-electron chi connectivity index (χ2n) is 1.42. The summed E-state index contributed by atoms with van der Waals surface area (Å²) in [6.07, 6.45) is 0. The molecular weight excluding hydrogens is 106 g/mol. The average Bonchev–Trinajstić information content (AvgIpc) is 1.98. The van der Waals surface area contributed by atoms with Crippen molar-refractivity contribution in [3.8, 4) is 11.8 Å². The van der Waals surface area contributed by atoms with Crippen molar-refractivity contribution in [3.05, 3.63) is 0 Å². The summed E-state index contributed by atoms with van der Waals surface area (Å²) in [4.78, 5) is 21.6. The zero-order valence-electron chi connectivity index (χ0n) is 4.26. The first-order valence-electron chi connectivity index (χ1n) is 2.05. The zero-order valence-corrected chi connectivity index (χ0v) is 4.26. The topological polar surface area (TPSA) is 37.4 Å². The molecule has 0 fully saturated rings. The van der Waals surface area contributed by atoms with Gasteiger partial charge >= 0.3 is 11.8 Å². The number of amides is 2. The van der Waals surface area contributed by atoms with Gasteiger partial charge in [0.15, 0.2) is 0 Å². The standard InChI is InChI=1S/C5H3NO2/c1-6-4(7)2-3-5(6)8/h1H3. The Morgan fingerprint density at radius 3 is 1.75 bits per heavy atom. The van der Waals surface area contributed by atoms with Gasteiger partial charge in [0, 0.05) is 18.9 Å². The third-order valence-electron chi connectivity index (χ3n) is 0.886. The van der Waals surface area contributed by atoms with E-state index in [0.717, 1.165) is 4.90 Å². The van der Waals surface area contributed by atoms with Gasteiger partial charge in [-0.3, -0.25) is 14.5 Å². The quantitative estimate of drug-likeness (QED) is 0.295. The summed E-state index contributed by atoms with van der Waals surface area (Å²) in [6, 6.07) is 0. The van der Waals surface area contributed by atoms with Crippen LogP contribution in [0, 0.1) is 11.8 Å². The van der Waals surface area contributed by atoms with Crippen molar-refractivity contribution in [2.45, 2.75) is 0 Å². The van der Waals surface area contributed by atoms with E-state index in [1.54, 1.807) is 0 Å². The van der Waals surface area contributed by atoms with E-state index < -0.39 is 11.8 Å². The van der Waals surface area contributed by atoms with Gasteiger partial charge in [-0.05, 0) is 0 Å². The lowest BCUT2D eigenvalue weighted by molar-refractivity contribution is -0.134. The Morgan fingerprint density at radius 1 is 1.25 bits per heavy atom. The number of rotatable bonds is 0. The highest BCUT2D eigenvalue weighted by molar-refractivity contribution is 6.17. The molecule has 0 saturated carbocycles. The fourth-order valence-corrected chi connectivity index (χ4v) is 0.367. The lowest BCUT2D eigenvalue weighted by Gasteiger charge is -1.99. The molecule has 3 heteroatoms. The summed E-state index contributed by atoms with van der Waals surface area (Å²) in [5.41, 5.74) is 0. The monoisotopic (exact) mass is 109 g/mol. The Kier molecular flexibility index (Phi) is 0.811. The van der Waals surface area contributed by atoms with E-state index in [-0.39, 0.29) is 0 Å². The Labute approximate surface area is 46.3 Å². The lowest BCUT2D eigenvalue weighted by atomic mass is 10.6. The van der Waals surface area contributed by atoms with E-state index in [1.165, 1.54) is 7.05 Å². The summed E-state index contributed by atoms with van der Waals surface area (Å²) in [5, 5.41) is 0. The molecule has 1 aliphatic heterocycles. The van der Waals surface area contributed by atoms with Gasteiger partial charge in [0.25, 0.3) is 0 Å². The van der Waals surface area contributed by atoms with E-state index in [1.807, 2.05) is 0 Å². The van der Waals surface area contributed by atoms with Crippen LogP contribution in [0.3, 0.4) is 0 Å². The Morgan fingerprint density at radius 2 is 1.62 bits per heavy atom. The molecule has 1 rings (SSSR count). The molecule has 0 atom stereocenters. The third kappa shape index (κ3) is 0.470. The maximum Gasteiger partial charge on any atom is 0.306 e. The molecule has 1 aliphatic rings. The molecule has 0 aliphatic carbocycles. The van der Waals surface area contributed by atoms with Crippen LogP contribution < -0.4 is 0 Å². The molecule has 0 saturated heterocycles. The molecule has 0 aromatic rings. The van der Waals surface area contributed by atoms with Gasteiger partial charge in [-0.15, -0.1) is 0 Å². The van der Waals surface area contributed by atoms with Gasteiger partial charge < -0.3 is 0 Å². The van der Waals surface area contributed by atoms with Crippen molar-refractivity contribution >= 4 is 11.8 Å². The largest absolute Gasteiger partial charge is 0.306 e. The predicted octanol–water partition coefficient (Wildman–Crippen LogP) is -1.01. The minimum atomic E-state index is -0.421. The summed E-state index contributed by atoms with van der Waals surface area (Å²) in [5.74, 6) is 3.37. The molecule has 0 unspecified atom stereocenters. The Balaban J connectivity index is 2.90. The van der Waals surface area contributed by atoms with Crippen LogP contribution in [0.5, 0.6) is 0 Å². The van der Waals surface area contributed by atoms with Crippen LogP contribution in [0.1, 0.15) is 0 Å². The molecule has 0 bridgehead atoms. The second kappa shape index (κ2) is 1.34. The van der Waals surface area contributed by atoms with Gasteiger partial charge in [-0.2, -0.15) is 0 Å². The minimum absolute atomic E-state index is 0.421. The number of carbonyl (C=O) groups is 2. The maximum atomic E-state index is 10.3. The van der Waals surface area contributed by atoms with Crippen LogP contribution >= 0.6 is 0 Å². The second-order valence-corrected chi connectivity index (χ2v) is 1.42. The first kappa shape index (κ1) is 4.85. The summed E-state index contributed by atoms with van der Waals surface area (Å²) in [7, 11) is 1.39. The number of carbonyl (C=O) groups excluding carboxylic acids is 2. The van der Waals surface area contributed by atoms with E-state index in [4.69, 9.17) is 0 Å². The Hall–Kier alpha value is -1.30. The molecule has 40 valence electrons. The maximum absolute atomic E-state index is 10.3. The number of nitrogens with zero attached hydrogens (tertiary/aromatic N) is 1. The molecule has 0 spiro atoms. The first-order chi connectivity index (χ1) is 3.72. The zero-order chi connectivity index (χ0) is 6.15. The molecule has 0 N–H and O–H groups in total. The van der Waals surface area contributed by atoms with Crippen LogP contribution in [-0.2, 0) is 9.59 Å². The van der Waals surface area contributed by atoms with Crippen LogP contribution in [0.4, 0.5) is 0 Å². The van der Waals surface area contributed by atoms with Gasteiger partial charge in [0.2, 0.25) is 0 Å². The molecule has 2 amide bonds. The van der Waals surface area contributed by atoms with E-state index >= 15 is 0 Å². The molecule has 0 aromatic heterocycles. The molecule has 3 nitrogen and oxygen atoms in total. The highest BCUT2D eigenvalue weighted by Crippen LogP contribution is 1.89. The summed E-state index contributed by atoms with van der Waals surface area (Å²) in [6.45, 7) is 0. The number of hydrogen-bond acceptors (Lipinski definition) is 2. The molecule has 0 radical (unpaired) electrons. The summed E-state index contributed by atoms with van der Waals surface area (Å²) < 4.78 is 0. The van der Waals surface area contributed by atoms with Crippen molar-refractivity contribution in [3.63, 3.8) is 0 Å². The van der Waals surface area contributed by atoms with Crippen molar-refractivity contribution in [1.82, 2.24) is 4.90 Å². The predicted molar refractivity (Wildman–Crippen MR) is 25.6 cm³/mol. The van der Waals surface area contributed by atoms with Crippen molar-refractivity contribution in [1.29, 1.82) is 0 Å². The van der Waals surface area contributed by atoms with E-state index in [0.29, 0.717) is 0 Å². The Bertz CT molecular complexity index is 188. The first-order valence-corrected chi connectivity index (χ1v) is 2.05. The SMILES string of the molecule is CN1C(=O)C#CC1=O. The van der Waals surface area contributed by atoms with E-state index in [9.17, 15) is 9.59 Å².